The number of hydrogen-bond acceptors (Lipinski definition) is 2. The van der Waals surface area contributed by atoms with E-state index in [4.69, 9.17) is 4.74 Å². The first-order valence-corrected chi connectivity index (χ1v) is 6.17. The van der Waals surface area contributed by atoms with Crippen molar-refractivity contribution in [2.24, 2.45) is 0 Å². The lowest BCUT2D eigenvalue weighted by atomic mass is 10.1. The van der Waals surface area contributed by atoms with Crippen molar-refractivity contribution < 1.29 is 4.74 Å². The zero-order chi connectivity index (χ0) is 12.0. The Hall–Kier alpha value is -0.960. The molecule has 2 nitrogen and oxygen atoms in total. The molecule has 0 amide bonds. The molecule has 0 heterocycles. The molecule has 0 saturated carbocycles. The van der Waals surface area contributed by atoms with Crippen LogP contribution < -0.4 is 10.1 Å². The minimum absolute atomic E-state index is 0.404. The number of halogens is 1. The van der Waals surface area contributed by atoms with E-state index < -0.39 is 0 Å². The average Bonchev–Trinajstić information content (AvgIpc) is 2.27. The van der Waals surface area contributed by atoms with E-state index >= 15 is 0 Å². The van der Waals surface area contributed by atoms with Gasteiger partial charge in [-0.15, -0.1) is 6.58 Å². The second-order valence-corrected chi connectivity index (χ2v) is 4.67. The number of nitrogens with one attached hydrogen (secondary N) is 1. The monoisotopic (exact) mass is 283 g/mol. The van der Waals surface area contributed by atoms with Gasteiger partial charge in [-0.1, -0.05) is 22.0 Å². The fourth-order valence-electron chi connectivity index (χ4n) is 1.50. The first-order chi connectivity index (χ1) is 7.67. The van der Waals surface area contributed by atoms with Crippen molar-refractivity contribution >= 4 is 21.6 Å². The van der Waals surface area contributed by atoms with E-state index in [9.17, 15) is 0 Å². The molecule has 16 heavy (non-hydrogen) atoms. The van der Waals surface area contributed by atoms with Gasteiger partial charge in [-0.25, -0.2) is 0 Å². The largest absolute Gasteiger partial charge is 0.495 e. The third-order valence-electron chi connectivity index (χ3n) is 2.37. The van der Waals surface area contributed by atoms with Crippen molar-refractivity contribution in [3.05, 3.63) is 35.3 Å². The summed E-state index contributed by atoms with van der Waals surface area (Å²) in [4.78, 5) is 0. The van der Waals surface area contributed by atoms with E-state index in [1.807, 2.05) is 24.3 Å². The van der Waals surface area contributed by atoms with Crippen LogP contribution in [0.15, 0.2) is 35.3 Å². The van der Waals surface area contributed by atoms with Crippen LogP contribution in [0.25, 0.3) is 0 Å². The highest BCUT2D eigenvalue weighted by molar-refractivity contribution is 9.10. The van der Waals surface area contributed by atoms with Crippen LogP contribution in [0.5, 0.6) is 5.75 Å². The third-order valence-corrected chi connectivity index (χ3v) is 2.86. The second-order valence-electron chi connectivity index (χ2n) is 3.76. The van der Waals surface area contributed by atoms with Gasteiger partial charge in [0, 0.05) is 10.5 Å². The predicted molar refractivity (Wildman–Crippen MR) is 73.2 cm³/mol. The zero-order valence-corrected chi connectivity index (χ0v) is 11.4. The first-order valence-electron chi connectivity index (χ1n) is 5.38. The molecule has 0 fully saturated rings. The van der Waals surface area contributed by atoms with Crippen molar-refractivity contribution in [3.63, 3.8) is 0 Å². The minimum atomic E-state index is 0.404. The number of methoxy groups -OCH3 is 1. The Morgan fingerprint density at radius 3 is 2.94 bits per heavy atom. The van der Waals surface area contributed by atoms with Gasteiger partial charge in [-0.05, 0) is 38.0 Å². The Morgan fingerprint density at radius 1 is 1.56 bits per heavy atom. The van der Waals surface area contributed by atoms with Gasteiger partial charge in [0.05, 0.1) is 12.8 Å². The van der Waals surface area contributed by atoms with E-state index in [1.54, 1.807) is 7.11 Å². The van der Waals surface area contributed by atoms with Gasteiger partial charge in [0.1, 0.15) is 5.75 Å². The zero-order valence-electron chi connectivity index (χ0n) is 9.79. The molecular weight excluding hydrogens is 266 g/mol. The quantitative estimate of drug-likeness (QED) is 0.789. The minimum Gasteiger partial charge on any atom is -0.495 e. The molecular formula is C13H18BrNO. The van der Waals surface area contributed by atoms with Gasteiger partial charge < -0.3 is 10.1 Å². The fourth-order valence-corrected chi connectivity index (χ4v) is 1.86. The van der Waals surface area contributed by atoms with Crippen LogP contribution in [0.1, 0.15) is 19.8 Å². The molecule has 1 rings (SSSR count). The lowest BCUT2D eigenvalue weighted by Crippen LogP contribution is -2.15. The number of allylic oxidation sites excluding steroid dienone is 1. The Kier molecular flexibility index (Phi) is 5.39. The fraction of sp³-hybridized carbons (Fsp3) is 0.385. The lowest BCUT2D eigenvalue weighted by Gasteiger charge is -2.17. The van der Waals surface area contributed by atoms with Gasteiger partial charge in [0.15, 0.2) is 0 Å². The smallest absolute Gasteiger partial charge is 0.142 e. The molecule has 0 aromatic heterocycles. The highest BCUT2D eigenvalue weighted by Gasteiger charge is 2.06. The Bertz CT molecular complexity index is 352. The molecule has 1 N–H and O–H groups in total. The molecule has 1 unspecified atom stereocenters. The first kappa shape index (κ1) is 13.1. The topological polar surface area (TPSA) is 21.3 Å². The predicted octanol–water partition coefficient (Wildman–Crippen LogP) is 4.22. The molecule has 0 aliphatic carbocycles. The van der Waals surface area contributed by atoms with Crippen LogP contribution in [0.4, 0.5) is 5.69 Å². The van der Waals surface area contributed by atoms with Gasteiger partial charge >= 0.3 is 0 Å². The average molecular weight is 284 g/mol. The lowest BCUT2D eigenvalue weighted by molar-refractivity contribution is 0.416. The number of anilines is 1. The summed E-state index contributed by atoms with van der Waals surface area (Å²) in [5.74, 6) is 0.869. The van der Waals surface area contributed by atoms with E-state index in [1.165, 1.54) is 0 Å². The molecule has 0 bridgehead atoms. The summed E-state index contributed by atoms with van der Waals surface area (Å²) in [5.41, 5.74) is 1.02. The van der Waals surface area contributed by atoms with Crippen molar-refractivity contribution in [1.29, 1.82) is 0 Å². The summed E-state index contributed by atoms with van der Waals surface area (Å²) in [6.45, 7) is 5.88. The maximum Gasteiger partial charge on any atom is 0.142 e. The molecule has 0 aliphatic rings. The van der Waals surface area contributed by atoms with Gasteiger partial charge in [0.2, 0.25) is 0 Å². The molecule has 1 atom stereocenters. The summed E-state index contributed by atoms with van der Waals surface area (Å²) >= 11 is 3.46. The number of ether oxygens (including phenoxy) is 1. The Balaban J connectivity index is 2.70. The summed E-state index contributed by atoms with van der Waals surface area (Å²) in [7, 11) is 1.68. The summed E-state index contributed by atoms with van der Waals surface area (Å²) in [6, 6.07) is 6.36. The summed E-state index contributed by atoms with van der Waals surface area (Å²) in [6.07, 6.45) is 4.03. The second kappa shape index (κ2) is 6.59. The van der Waals surface area contributed by atoms with Crippen LogP contribution in [0, 0.1) is 0 Å². The third kappa shape index (κ3) is 3.89. The highest BCUT2D eigenvalue weighted by Crippen LogP contribution is 2.28. The number of hydrogen-bond donors (Lipinski definition) is 1. The summed E-state index contributed by atoms with van der Waals surface area (Å²) < 4.78 is 6.35. The van der Waals surface area contributed by atoms with Crippen LogP contribution in [-0.2, 0) is 0 Å². The van der Waals surface area contributed by atoms with E-state index in [0.29, 0.717) is 6.04 Å². The van der Waals surface area contributed by atoms with Crippen LogP contribution >= 0.6 is 15.9 Å². The molecule has 0 spiro atoms. The molecule has 0 aliphatic heterocycles. The van der Waals surface area contributed by atoms with Crippen LogP contribution in [0.2, 0.25) is 0 Å². The molecule has 0 saturated heterocycles. The van der Waals surface area contributed by atoms with E-state index in [-0.39, 0.29) is 0 Å². The van der Waals surface area contributed by atoms with Crippen LogP contribution in [-0.4, -0.2) is 13.2 Å². The van der Waals surface area contributed by atoms with Crippen molar-refractivity contribution in [2.75, 3.05) is 12.4 Å². The maximum absolute atomic E-state index is 5.30. The maximum atomic E-state index is 5.30. The highest BCUT2D eigenvalue weighted by atomic mass is 79.9. The number of rotatable bonds is 6. The normalized spacial score (nSPS) is 11.9. The van der Waals surface area contributed by atoms with E-state index in [2.05, 4.69) is 34.7 Å². The molecule has 3 heteroatoms. The van der Waals surface area contributed by atoms with E-state index in [0.717, 1.165) is 28.8 Å². The molecule has 88 valence electrons. The number of benzene rings is 1. The Labute approximate surface area is 106 Å². The van der Waals surface area contributed by atoms with Gasteiger partial charge in [0.25, 0.3) is 0 Å². The van der Waals surface area contributed by atoms with Crippen molar-refractivity contribution in [3.8, 4) is 5.75 Å². The SMILES string of the molecule is C=CCCC(C)Nc1cc(Br)ccc1OC. The summed E-state index contributed by atoms with van der Waals surface area (Å²) in [5, 5.41) is 3.43. The molecule has 1 aromatic carbocycles. The van der Waals surface area contributed by atoms with Crippen LogP contribution in [0.3, 0.4) is 0 Å². The van der Waals surface area contributed by atoms with Crippen molar-refractivity contribution in [2.45, 2.75) is 25.8 Å². The Morgan fingerprint density at radius 2 is 2.31 bits per heavy atom. The standard InChI is InChI=1S/C13H18BrNO/c1-4-5-6-10(2)15-12-9-11(14)7-8-13(12)16-3/h4,7-10,15H,1,5-6H2,2-3H3. The van der Waals surface area contributed by atoms with Gasteiger partial charge in [-0.2, -0.15) is 0 Å². The van der Waals surface area contributed by atoms with Gasteiger partial charge in [-0.3, -0.25) is 0 Å². The molecule has 1 aromatic rings. The van der Waals surface area contributed by atoms with Crippen molar-refractivity contribution in [1.82, 2.24) is 0 Å². The molecule has 0 radical (unpaired) electrons.